The Bertz CT molecular complexity index is 104. The van der Waals surface area contributed by atoms with E-state index in [0.29, 0.717) is 0 Å². The Kier molecular flexibility index (Phi) is 10.9. The lowest BCUT2D eigenvalue weighted by atomic mass is 9.95. The Morgan fingerprint density at radius 3 is 2.07 bits per heavy atom. The second-order valence-electron chi connectivity index (χ2n) is 4.24. The van der Waals surface area contributed by atoms with Crippen LogP contribution in [0.5, 0.6) is 0 Å². The lowest BCUT2D eigenvalue weighted by molar-refractivity contribution is 0.420. The monoisotopic (exact) mass is 200 g/mol. The highest BCUT2D eigenvalue weighted by Crippen LogP contribution is 2.15. The van der Waals surface area contributed by atoms with E-state index in [0.717, 1.165) is 19.0 Å². The average Bonchev–Trinajstić information content (AvgIpc) is 2.22. The number of rotatable bonds is 10. The van der Waals surface area contributed by atoms with Gasteiger partial charge in [0.25, 0.3) is 0 Å². The van der Waals surface area contributed by atoms with Crippen molar-refractivity contribution in [2.45, 2.75) is 58.3 Å². The summed E-state index contributed by atoms with van der Waals surface area (Å²) >= 11 is 0. The highest BCUT2D eigenvalue weighted by Gasteiger charge is 2.04. The average molecular weight is 200 g/mol. The fourth-order valence-corrected chi connectivity index (χ4v) is 1.80. The molecule has 2 nitrogen and oxygen atoms in total. The molecule has 0 aromatic heterocycles. The van der Waals surface area contributed by atoms with Crippen LogP contribution in [0.3, 0.4) is 0 Å². The summed E-state index contributed by atoms with van der Waals surface area (Å²) in [5, 5.41) is 0. The number of nitrogens with two attached hydrogens (primary N) is 2. The summed E-state index contributed by atoms with van der Waals surface area (Å²) in [4.78, 5) is 0. The molecule has 2 heteroatoms. The molecule has 0 rings (SSSR count). The van der Waals surface area contributed by atoms with Crippen molar-refractivity contribution in [1.82, 2.24) is 0 Å². The maximum Gasteiger partial charge on any atom is -0.00489 e. The van der Waals surface area contributed by atoms with Crippen LogP contribution in [0.2, 0.25) is 0 Å². The van der Waals surface area contributed by atoms with Gasteiger partial charge in [-0.05, 0) is 38.3 Å². The van der Waals surface area contributed by atoms with Gasteiger partial charge < -0.3 is 11.5 Å². The predicted molar refractivity (Wildman–Crippen MR) is 64.2 cm³/mol. The van der Waals surface area contributed by atoms with Crippen molar-refractivity contribution in [1.29, 1.82) is 0 Å². The maximum atomic E-state index is 5.73. The van der Waals surface area contributed by atoms with Gasteiger partial charge in [-0.2, -0.15) is 0 Å². The Labute approximate surface area is 89.4 Å². The molecule has 0 fully saturated rings. The minimum Gasteiger partial charge on any atom is -0.330 e. The topological polar surface area (TPSA) is 52.0 Å². The van der Waals surface area contributed by atoms with Gasteiger partial charge in [0.2, 0.25) is 0 Å². The van der Waals surface area contributed by atoms with E-state index in [-0.39, 0.29) is 0 Å². The van der Waals surface area contributed by atoms with Gasteiger partial charge in [-0.1, -0.05) is 39.0 Å². The molecule has 0 heterocycles. The summed E-state index contributed by atoms with van der Waals surface area (Å²) < 4.78 is 0. The van der Waals surface area contributed by atoms with Crippen LogP contribution in [0.4, 0.5) is 0 Å². The van der Waals surface area contributed by atoms with Crippen LogP contribution in [-0.4, -0.2) is 13.1 Å². The van der Waals surface area contributed by atoms with Crippen molar-refractivity contribution in [2.75, 3.05) is 13.1 Å². The summed E-state index contributed by atoms with van der Waals surface area (Å²) in [5.74, 6) is 0.771. The van der Waals surface area contributed by atoms with Crippen LogP contribution in [0, 0.1) is 5.92 Å². The highest BCUT2D eigenvalue weighted by molar-refractivity contribution is 4.60. The Morgan fingerprint density at radius 1 is 0.857 bits per heavy atom. The van der Waals surface area contributed by atoms with Crippen LogP contribution in [0.1, 0.15) is 58.3 Å². The molecule has 0 aliphatic carbocycles. The van der Waals surface area contributed by atoms with Gasteiger partial charge in [-0.15, -0.1) is 0 Å². The first kappa shape index (κ1) is 13.9. The third kappa shape index (κ3) is 8.52. The van der Waals surface area contributed by atoms with Crippen LogP contribution < -0.4 is 11.5 Å². The normalized spacial score (nSPS) is 13.1. The highest BCUT2D eigenvalue weighted by atomic mass is 14.5. The Hall–Kier alpha value is -0.0800. The van der Waals surface area contributed by atoms with Crippen LogP contribution in [0.15, 0.2) is 0 Å². The van der Waals surface area contributed by atoms with Gasteiger partial charge in [0.15, 0.2) is 0 Å². The Morgan fingerprint density at radius 2 is 1.50 bits per heavy atom. The zero-order chi connectivity index (χ0) is 10.6. The zero-order valence-electron chi connectivity index (χ0n) is 9.80. The van der Waals surface area contributed by atoms with Crippen molar-refractivity contribution >= 4 is 0 Å². The number of unbranched alkanes of at least 4 members (excludes halogenated alkanes) is 4. The van der Waals surface area contributed by atoms with Crippen molar-refractivity contribution in [3.8, 4) is 0 Å². The van der Waals surface area contributed by atoms with E-state index in [9.17, 15) is 0 Å². The molecule has 86 valence electrons. The molecule has 0 spiro atoms. The number of hydrogen-bond donors (Lipinski definition) is 2. The molecule has 0 aromatic carbocycles. The van der Waals surface area contributed by atoms with Gasteiger partial charge in [-0.3, -0.25) is 0 Å². The van der Waals surface area contributed by atoms with Crippen molar-refractivity contribution in [3.63, 3.8) is 0 Å². The molecule has 1 unspecified atom stereocenters. The molecule has 0 bridgehead atoms. The zero-order valence-corrected chi connectivity index (χ0v) is 9.80. The van der Waals surface area contributed by atoms with Gasteiger partial charge in [0.1, 0.15) is 0 Å². The van der Waals surface area contributed by atoms with E-state index in [1.54, 1.807) is 0 Å². The third-order valence-electron chi connectivity index (χ3n) is 2.87. The molecular weight excluding hydrogens is 172 g/mol. The lowest BCUT2D eigenvalue weighted by Crippen LogP contribution is -2.14. The standard InChI is InChI=1S/C12H28N2/c1-2-3-8-12(11-14)9-6-4-5-7-10-13/h12H,2-11,13-14H2,1H3. The molecule has 0 amide bonds. The quantitative estimate of drug-likeness (QED) is 0.533. The summed E-state index contributed by atoms with van der Waals surface area (Å²) in [7, 11) is 0. The first-order valence-electron chi connectivity index (χ1n) is 6.25. The predicted octanol–water partition coefficient (Wildman–Crippen LogP) is 2.66. The molecule has 14 heavy (non-hydrogen) atoms. The van der Waals surface area contributed by atoms with E-state index < -0.39 is 0 Å². The maximum absolute atomic E-state index is 5.73. The lowest BCUT2D eigenvalue weighted by Gasteiger charge is -2.13. The van der Waals surface area contributed by atoms with E-state index in [2.05, 4.69) is 6.92 Å². The van der Waals surface area contributed by atoms with Crippen molar-refractivity contribution in [3.05, 3.63) is 0 Å². The SMILES string of the molecule is CCCCC(CN)CCCCCCN. The first-order chi connectivity index (χ1) is 6.85. The summed E-state index contributed by atoms with van der Waals surface area (Å²) in [5.41, 5.74) is 11.2. The van der Waals surface area contributed by atoms with Crippen molar-refractivity contribution < 1.29 is 0 Å². The summed E-state index contributed by atoms with van der Waals surface area (Å²) in [6.45, 7) is 3.96. The number of hydrogen-bond acceptors (Lipinski definition) is 2. The van der Waals surface area contributed by atoms with Crippen LogP contribution >= 0.6 is 0 Å². The van der Waals surface area contributed by atoms with Crippen molar-refractivity contribution in [2.24, 2.45) is 17.4 Å². The van der Waals surface area contributed by atoms with Crippen LogP contribution in [-0.2, 0) is 0 Å². The molecule has 0 radical (unpaired) electrons. The van der Waals surface area contributed by atoms with E-state index in [4.69, 9.17) is 11.5 Å². The second-order valence-corrected chi connectivity index (χ2v) is 4.24. The largest absolute Gasteiger partial charge is 0.330 e. The molecule has 1 atom stereocenters. The molecule has 0 saturated heterocycles. The van der Waals surface area contributed by atoms with Gasteiger partial charge in [0.05, 0.1) is 0 Å². The first-order valence-corrected chi connectivity index (χ1v) is 6.25. The molecule has 0 aliphatic heterocycles. The van der Waals surface area contributed by atoms with Gasteiger partial charge in [0, 0.05) is 0 Å². The van der Waals surface area contributed by atoms with Gasteiger partial charge >= 0.3 is 0 Å². The molecular formula is C12H28N2. The third-order valence-corrected chi connectivity index (χ3v) is 2.87. The van der Waals surface area contributed by atoms with Gasteiger partial charge in [-0.25, -0.2) is 0 Å². The molecule has 0 saturated carbocycles. The summed E-state index contributed by atoms with van der Waals surface area (Å²) in [6.07, 6.45) is 10.4. The minimum atomic E-state index is 0.771. The molecule has 0 aromatic rings. The second kappa shape index (κ2) is 11.0. The Balaban J connectivity index is 3.24. The minimum absolute atomic E-state index is 0.771. The fraction of sp³-hybridized carbons (Fsp3) is 1.00. The van der Waals surface area contributed by atoms with E-state index >= 15 is 0 Å². The summed E-state index contributed by atoms with van der Waals surface area (Å²) in [6, 6.07) is 0. The molecule has 0 aliphatic rings. The molecule has 4 N–H and O–H groups in total. The fourth-order valence-electron chi connectivity index (χ4n) is 1.80. The van der Waals surface area contributed by atoms with E-state index in [1.807, 2.05) is 0 Å². The van der Waals surface area contributed by atoms with E-state index in [1.165, 1.54) is 51.4 Å². The van der Waals surface area contributed by atoms with Crippen LogP contribution in [0.25, 0.3) is 0 Å². The smallest absolute Gasteiger partial charge is 0.00489 e.